The molecule has 4 heteroatoms. The van der Waals surface area contributed by atoms with Crippen LogP contribution in [0.3, 0.4) is 0 Å². The molecule has 176 valence electrons. The molecule has 31 heavy (non-hydrogen) atoms. The molecule has 5 atom stereocenters. The first-order valence-electron chi connectivity index (χ1n) is 11.8. The number of nitrogens with one attached hydrogen (secondary N) is 3. The molecular weight excluding hydrogens is 380 g/mol. The van der Waals surface area contributed by atoms with Gasteiger partial charge in [-0.1, -0.05) is 73.4 Å². The highest BCUT2D eigenvalue weighted by Gasteiger charge is 2.53. The van der Waals surface area contributed by atoms with E-state index in [-0.39, 0.29) is 22.9 Å². The van der Waals surface area contributed by atoms with Gasteiger partial charge in [0.2, 0.25) is 0 Å². The standard InChI is InChI=1S/C27H48N4/c1-17(2)24-22-15-21(22)16-31(24)19(4)25(27(9,10)11)30-20(5)29-23(26(6,7)8)14-13-18(3)28-12/h21-25,28-30H,1,3-5,13-16H2,2,6-12H3/t21-,22-,23?,24?,25?/m0/s1. The molecule has 0 aromatic carbocycles. The Morgan fingerprint density at radius 2 is 1.61 bits per heavy atom. The molecule has 4 nitrogen and oxygen atoms in total. The Labute approximate surface area is 192 Å². The molecular formula is C27H48N4. The molecule has 0 aromatic rings. The molecule has 0 bridgehead atoms. The predicted molar refractivity (Wildman–Crippen MR) is 135 cm³/mol. The van der Waals surface area contributed by atoms with Crippen LogP contribution in [0.1, 0.15) is 67.7 Å². The van der Waals surface area contributed by atoms with Gasteiger partial charge in [-0.3, -0.25) is 0 Å². The molecule has 1 aliphatic heterocycles. The largest absolute Gasteiger partial charge is 0.392 e. The quantitative estimate of drug-likeness (QED) is 0.386. The second-order valence-electron chi connectivity index (χ2n) is 12.0. The minimum Gasteiger partial charge on any atom is -0.392 e. The van der Waals surface area contributed by atoms with Gasteiger partial charge < -0.3 is 20.9 Å². The summed E-state index contributed by atoms with van der Waals surface area (Å²) in [6, 6.07) is 0.814. The average molecular weight is 429 g/mol. The second kappa shape index (κ2) is 9.34. The summed E-state index contributed by atoms with van der Waals surface area (Å²) in [5.74, 6) is 2.44. The first kappa shape index (κ1) is 25.4. The summed E-state index contributed by atoms with van der Waals surface area (Å²) >= 11 is 0. The molecule has 0 radical (unpaired) electrons. The minimum atomic E-state index is 0.00571. The summed E-state index contributed by atoms with van der Waals surface area (Å²) < 4.78 is 0. The van der Waals surface area contributed by atoms with Gasteiger partial charge in [0, 0.05) is 31.0 Å². The second-order valence-corrected chi connectivity index (χ2v) is 12.0. The van der Waals surface area contributed by atoms with Crippen LogP contribution in [0.5, 0.6) is 0 Å². The van der Waals surface area contributed by atoms with Crippen molar-refractivity contribution < 1.29 is 0 Å². The minimum absolute atomic E-state index is 0.00571. The number of hydrogen-bond donors (Lipinski definition) is 3. The number of piperidine rings is 1. The summed E-state index contributed by atoms with van der Waals surface area (Å²) in [5, 5.41) is 10.6. The van der Waals surface area contributed by atoms with Gasteiger partial charge >= 0.3 is 0 Å². The first-order chi connectivity index (χ1) is 14.2. The zero-order valence-electron chi connectivity index (χ0n) is 21.5. The maximum absolute atomic E-state index is 4.58. The van der Waals surface area contributed by atoms with Crippen LogP contribution in [-0.2, 0) is 0 Å². The Morgan fingerprint density at radius 1 is 1.00 bits per heavy atom. The van der Waals surface area contributed by atoms with Crippen molar-refractivity contribution in [1.82, 2.24) is 20.9 Å². The van der Waals surface area contributed by atoms with Crippen LogP contribution in [0.2, 0.25) is 0 Å². The van der Waals surface area contributed by atoms with Crippen molar-refractivity contribution in [2.24, 2.45) is 22.7 Å². The molecule has 2 rings (SSSR count). The van der Waals surface area contributed by atoms with E-state index >= 15 is 0 Å². The lowest BCUT2D eigenvalue weighted by atomic mass is 9.83. The van der Waals surface area contributed by atoms with Crippen molar-refractivity contribution in [3.8, 4) is 0 Å². The van der Waals surface area contributed by atoms with Gasteiger partial charge in [-0.25, -0.2) is 0 Å². The number of likely N-dealkylation sites (tertiary alicyclic amines) is 1. The molecule has 1 saturated heterocycles. The molecule has 0 spiro atoms. The number of hydrogen-bond acceptors (Lipinski definition) is 4. The zero-order chi connectivity index (χ0) is 23.7. The molecule has 1 saturated carbocycles. The zero-order valence-corrected chi connectivity index (χ0v) is 21.5. The van der Waals surface area contributed by atoms with Gasteiger partial charge in [0.15, 0.2) is 0 Å². The van der Waals surface area contributed by atoms with Crippen LogP contribution in [-0.4, -0.2) is 36.6 Å². The number of allylic oxidation sites excluding steroid dienone is 1. The molecule has 1 aliphatic carbocycles. The molecule has 3 unspecified atom stereocenters. The van der Waals surface area contributed by atoms with Crippen molar-refractivity contribution in [1.29, 1.82) is 0 Å². The maximum atomic E-state index is 4.58. The van der Waals surface area contributed by atoms with E-state index in [0.29, 0.717) is 6.04 Å². The van der Waals surface area contributed by atoms with Crippen LogP contribution in [0.4, 0.5) is 0 Å². The van der Waals surface area contributed by atoms with Crippen LogP contribution in [0.15, 0.2) is 49.1 Å². The Bertz CT molecular complexity index is 706. The van der Waals surface area contributed by atoms with Gasteiger partial charge in [0.05, 0.1) is 17.9 Å². The number of rotatable bonds is 11. The number of nitrogens with zero attached hydrogens (tertiary/aromatic N) is 1. The summed E-state index contributed by atoms with van der Waals surface area (Å²) in [7, 11) is 1.93. The predicted octanol–water partition coefficient (Wildman–Crippen LogP) is 5.39. The summed E-state index contributed by atoms with van der Waals surface area (Å²) in [4.78, 5) is 2.51. The highest BCUT2D eigenvalue weighted by Crippen LogP contribution is 2.53. The van der Waals surface area contributed by atoms with Crippen molar-refractivity contribution in [3.05, 3.63) is 49.1 Å². The maximum Gasteiger partial charge on any atom is 0.0920 e. The molecule has 2 fully saturated rings. The monoisotopic (exact) mass is 428 g/mol. The van der Waals surface area contributed by atoms with E-state index in [4.69, 9.17) is 0 Å². The average Bonchev–Trinajstić information content (AvgIpc) is 3.29. The fourth-order valence-corrected chi connectivity index (χ4v) is 4.95. The molecule has 0 amide bonds. The van der Waals surface area contributed by atoms with Crippen molar-refractivity contribution in [3.63, 3.8) is 0 Å². The van der Waals surface area contributed by atoms with Gasteiger partial charge in [-0.15, -0.1) is 0 Å². The van der Waals surface area contributed by atoms with Crippen LogP contribution < -0.4 is 16.0 Å². The third kappa shape index (κ3) is 6.33. The van der Waals surface area contributed by atoms with Crippen LogP contribution in [0.25, 0.3) is 0 Å². The highest BCUT2D eigenvalue weighted by molar-refractivity contribution is 5.25. The topological polar surface area (TPSA) is 39.3 Å². The van der Waals surface area contributed by atoms with Crippen LogP contribution in [0, 0.1) is 22.7 Å². The normalized spacial score (nSPS) is 24.6. The van der Waals surface area contributed by atoms with Gasteiger partial charge in [0.25, 0.3) is 0 Å². The van der Waals surface area contributed by atoms with Crippen molar-refractivity contribution >= 4 is 0 Å². The van der Waals surface area contributed by atoms with Crippen molar-refractivity contribution in [2.75, 3.05) is 13.6 Å². The van der Waals surface area contributed by atoms with Crippen molar-refractivity contribution in [2.45, 2.75) is 85.9 Å². The lowest BCUT2D eigenvalue weighted by Crippen LogP contribution is -2.51. The van der Waals surface area contributed by atoms with E-state index in [2.05, 4.69) is 95.6 Å². The van der Waals surface area contributed by atoms with Gasteiger partial charge in [-0.2, -0.15) is 0 Å². The molecule has 1 heterocycles. The third-order valence-corrected chi connectivity index (χ3v) is 7.02. The van der Waals surface area contributed by atoms with E-state index < -0.39 is 0 Å². The SMILES string of the molecule is C=C(CCC(NC(=C)NC(C(=C)N1C[C@@H]2C[C@@H]2C1C(=C)C)C(C)(C)C)C(C)(C)C)NC. The van der Waals surface area contributed by atoms with E-state index in [1.165, 1.54) is 12.0 Å². The van der Waals surface area contributed by atoms with Gasteiger partial charge in [0.1, 0.15) is 0 Å². The lowest BCUT2D eigenvalue weighted by Gasteiger charge is -2.42. The molecule has 0 aromatic heterocycles. The Morgan fingerprint density at radius 3 is 2.10 bits per heavy atom. The molecule has 3 N–H and O–H groups in total. The highest BCUT2D eigenvalue weighted by atomic mass is 15.3. The van der Waals surface area contributed by atoms with E-state index in [1.54, 1.807) is 0 Å². The smallest absolute Gasteiger partial charge is 0.0920 e. The van der Waals surface area contributed by atoms with Crippen LogP contribution >= 0.6 is 0 Å². The van der Waals surface area contributed by atoms with E-state index in [9.17, 15) is 0 Å². The number of fused-ring (bicyclic) bond motifs is 1. The summed E-state index contributed by atoms with van der Waals surface area (Å²) in [5.41, 5.74) is 3.59. The molecule has 2 aliphatic rings. The fourth-order valence-electron chi connectivity index (χ4n) is 4.95. The fraction of sp³-hybridized carbons (Fsp3) is 0.704. The Kier molecular flexibility index (Phi) is 7.66. The third-order valence-electron chi connectivity index (χ3n) is 7.02. The Hall–Kier alpha value is -1.84. The first-order valence-corrected chi connectivity index (χ1v) is 11.8. The van der Waals surface area contributed by atoms with Gasteiger partial charge in [-0.05, 0) is 48.9 Å². The summed E-state index contributed by atoms with van der Waals surface area (Å²) in [6.45, 7) is 34.2. The Balaban J connectivity index is 2.11. The van der Waals surface area contributed by atoms with E-state index in [0.717, 1.165) is 48.4 Å². The van der Waals surface area contributed by atoms with E-state index in [1.807, 2.05) is 7.05 Å². The summed E-state index contributed by atoms with van der Waals surface area (Å²) in [6.07, 6.45) is 3.28. The lowest BCUT2D eigenvalue weighted by molar-refractivity contribution is 0.214.